The van der Waals surface area contributed by atoms with Crippen LogP contribution in [-0.2, 0) is 0 Å². The first-order chi connectivity index (χ1) is 13.7. The number of hydrogen-bond donors (Lipinski definition) is 2. The standard InChI is InChI=1S/C20H16Cl3N3O3/c1-9(2)8-14(27)16-19(28)15-12(26-29)7-6-11(22)18(15)25-20(16)24-13-5-3-4-10(21)17(13)23/h3-7,9H,8H2,1-2H3,(H2,24,25,28). The van der Waals surface area contributed by atoms with Gasteiger partial charge in [0.2, 0.25) is 5.43 Å². The van der Waals surface area contributed by atoms with E-state index in [9.17, 15) is 14.5 Å². The van der Waals surface area contributed by atoms with Crippen LogP contribution in [0.5, 0.6) is 0 Å². The Morgan fingerprint density at radius 2 is 1.86 bits per heavy atom. The minimum atomic E-state index is -0.637. The minimum absolute atomic E-state index is 0.0169. The molecule has 0 aliphatic rings. The Labute approximate surface area is 181 Å². The Morgan fingerprint density at radius 3 is 2.52 bits per heavy atom. The van der Waals surface area contributed by atoms with Crippen molar-refractivity contribution in [3.8, 4) is 0 Å². The molecule has 0 aliphatic heterocycles. The van der Waals surface area contributed by atoms with Crippen LogP contribution in [0, 0.1) is 10.8 Å². The molecule has 6 nitrogen and oxygen atoms in total. The highest BCUT2D eigenvalue weighted by atomic mass is 35.5. The van der Waals surface area contributed by atoms with Gasteiger partial charge in [-0.3, -0.25) is 9.59 Å². The third-order valence-electron chi connectivity index (χ3n) is 4.27. The Balaban J connectivity index is 2.33. The highest BCUT2D eigenvalue weighted by Gasteiger charge is 2.23. The first kappa shape index (κ1) is 21.3. The maximum absolute atomic E-state index is 13.2. The van der Waals surface area contributed by atoms with Crippen LogP contribution in [0.3, 0.4) is 0 Å². The van der Waals surface area contributed by atoms with E-state index in [0.29, 0.717) is 10.7 Å². The van der Waals surface area contributed by atoms with Crippen molar-refractivity contribution in [3.05, 3.63) is 66.1 Å². The summed E-state index contributed by atoms with van der Waals surface area (Å²) < 4.78 is 0. The molecule has 0 aliphatic carbocycles. The number of halogens is 3. The number of Topliss-reactive ketones (excluding diaryl/α,β-unsaturated/α-hetero) is 1. The second kappa shape index (κ2) is 8.53. The number of hydrogen-bond acceptors (Lipinski definition) is 5. The number of carbonyl (C=O) groups is 1. The molecule has 0 saturated heterocycles. The van der Waals surface area contributed by atoms with E-state index in [1.165, 1.54) is 12.1 Å². The molecule has 0 atom stereocenters. The van der Waals surface area contributed by atoms with Gasteiger partial charge in [-0.15, -0.1) is 4.91 Å². The highest BCUT2D eigenvalue weighted by Crippen LogP contribution is 2.35. The molecular weight excluding hydrogens is 437 g/mol. The molecule has 0 unspecified atom stereocenters. The molecule has 0 spiro atoms. The summed E-state index contributed by atoms with van der Waals surface area (Å²) in [7, 11) is 0. The summed E-state index contributed by atoms with van der Waals surface area (Å²) in [6.45, 7) is 3.73. The molecule has 2 N–H and O–H groups in total. The van der Waals surface area contributed by atoms with Gasteiger partial charge in [-0.1, -0.05) is 54.7 Å². The molecular formula is C20H16Cl3N3O3. The maximum atomic E-state index is 13.2. The number of aromatic nitrogens is 1. The second-order valence-corrected chi connectivity index (χ2v) is 8.05. The fraction of sp³-hybridized carbons (Fsp3) is 0.200. The average molecular weight is 453 g/mol. The van der Waals surface area contributed by atoms with E-state index in [-0.39, 0.29) is 56.1 Å². The van der Waals surface area contributed by atoms with Crippen LogP contribution in [-0.4, -0.2) is 10.8 Å². The maximum Gasteiger partial charge on any atom is 0.204 e. The largest absolute Gasteiger partial charge is 0.340 e. The molecule has 0 amide bonds. The highest BCUT2D eigenvalue weighted by molar-refractivity contribution is 6.43. The predicted molar refractivity (Wildman–Crippen MR) is 119 cm³/mol. The lowest BCUT2D eigenvalue weighted by molar-refractivity contribution is 0.0967. The molecule has 150 valence electrons. The fourth-order valence-electron chi connectivity index (χ4n) is 2.99. The van der Waals surface area contributed by atoms with Gasteiger partial charge in [0.1, 0.15) is 17.1 Å². The predicted octanol–water partition coefficient (Wildman–Crippen LogP) is 6.86. The first-order valence-electron chi connectivity index (χ1n) is 8.70. The molecule has 0 radical (unpaired) electrons. The van der Waals surface area contributed by atoms with E-state index in [0.717, 1.165) is 0 Å². The van der Waals surface area contributed by atoms with Crippen LogP contribution >= 0.6 is 34.8 Å². The lowest BCUT2D eigenvalue weighted by Crippen LogP contribution is -2.20. The van der Waals surface area contributed by atoms with Gasteiger partial charge in [-0.25, -0.2) is 0 Å². The first-order valence-corrected chi connectivity index (χ1v) is 9.84. The number of nitroso groups, excluding NO2 is 1. The van der Waals surface area contributed by atoms with Gasteiger partial charge in [-0.2, -0.15) is 0 Å². The number of nitrogens with one attached hydrogen (secondary N) is 2. The van der Waals surface area contributed by atoms with Crippen LogP contribution in [0.1, 0.15) is 30.6 Å². The van der Waals surface area contributed by atoms with Crippen LogP contribution < -0.4 is 10.7 Å². The Hall–Kier alpha value is -2.41. The zero-order valence-electron chi connectivity index (χ0n) is 15.5. The molecule has 0 bridgehead atoms. The van der Waals surface area contributed by atoms with E-state index in [1.807, 2.05) is 13.8 Å². The number of carbonyl (C=O) groups excluding carboxylic acids is 1. The summed E-state index contributed by atoms with van der Waals surface area (Å²) in [5, 5.41) is 6.57. The number of rotatable bonds is 6. The Morgan fingerprint density at radius 1 is 1.14 bits per heavy atom. The number of benzene rings is 2. The number of nitrogens with zero attached hydrogens (tertiary/aromatic N) is 1. The van der Waals surface area contributed by atoms with Crippen molar-refractivity contribution in [2.75, 3.05) is 5.32 Å². The normalized spacial score (nSPS) is 11.1. The minimum Gasteiger partial charge on any atom is -0.340 e. The molecule has 3 rings (SSSR count). The third-order valence-corrected chi connectivity index (χ3v) is 5.40. The number of H-pyrrole nitrogens is 1. The molecule has 0 saturated carbocycles. The average Bonchev–Trinajstić information content (AvgIpc) is 2.65. The van der Waals surface area contributed by atoms with E-state index in [4.69, 9.17) is 34.8 Å². The van der Waals surface area contributed by atoms with Crippen LogP contribution in [0.2, 0.25) is 15.1 Å². The van der Waals surface area contributed by atoms with E-state index in [1.54, 1.807) is 18.2 Å². The van der Waals surface area contributed by atoms with Crippen molar-refractivity contribution in [1.82, 2.24) is 4.98 Å². The van der Waals surface area contributed by atoms with Gasteiger partial charge in [0.15, 0.2) is 5.78 Å². The van der Waals surface area contributed by atoms with Crippen LogP contribution in [0.15, 0.2) is 40.3 Å². The molecule has 3 aromatic rings. The van der Waals surface area contributed by atoms with Gasteiger partial charge in [0.25, 0.3) is 0 Å². The van der Waals surface area contributed by atoms with E-state index >= 15 is 0 Å². The van der Waals surface area contributed by atoms with Gasteiger partial charge in [0, 0.05) is 6.42 Å². The van der Waals surface area contributed by atoms with Crippen LogP contribution in [0.4, 0.5) is 17.2 Å². The second-order valence-electron chi connectivity index (χ2n) is 6.86. The molecule has 29 heavy (non-hydrogen) atoms. The number of fused-ring (bicyclic) bond motifs is 1. The SMILES string of the molecule is CC(C)CC(=O)c1c(Nc2cccc(Cl)c2Cl)[nH]c2c(Cl)ccc(N=O)c2c1=O. The lowest BCUT2D eigenvalue weighted by atomic mass is 9.99. The van der Waals surface area contributed by atoms with Crippen molar-refractivity contribution in [2.45, 2.75) is 20.3 Å². The Bertz CT molecular complexity index is 1190. The van der Waals surface area contributed by atoms with Gasteiger partial charge in [0.05, 0.1) is 31.7 Å². The lowest BCUT2D eigenvalue weighted by Gasteiger charge is -2.15. The number of anilines is 2. The number of ketones is 1. The van der Waals surface area contributed by atoms with Crippen molar-refractivity contribution in [3.63, 3.8) is 0 Å². The molecule has 2 aromatic carbocycles. The van der Waals surface area contributed by atoms with Gasteiger partial charge >= 0.3 is 0 Å². The van der Waals surface area contributed by atoms with Crippen molar-refractivity contribution in [2.24, 2.45) is 11.1 Å². The monoisotopic (exact) mass is 451 g/mol. The van der Waals surface area contributed by atoms with Crippen LogP contribution in [0.25, 0.3) is 10.9 Å². The zero-order valence-corrected chi connectivity index (χ0v) is 17.7. The van der Waals surface area contributed by atoms with Crippen molar-refractivity contribution in [1.29, 1.82) is 0 Å². The molecule has 1 aromatic heterocycles. The summed E-state index contributed by atoms with van der Waals surface area (Å²) in [6, 6.07) is 7.72. The Kier molecular flexibility index (Phi) is 6.27. The summed E-state index contributed by atoms with van der Waals surface area (Å²) in [5.41, 5.74) is -0.280. The summed E-state index contributed by atoms with van der Waals surface area (Å²) >= 11 is 18.5. The molecule has 1 heterocycles. The number of aromatic amines is 1. The third kappa shape index (κ3) is 4.15. The van der Waals surface area contributed by atoms with E-state index < -0.39 is 5.43 Å². The number of pyridine rings is 1. The topological polar surface area (TPSA) is 91.4 Å². The molecule has 9 heteroatoms. The smallest absolute Gasteiger partial charge is 0.204 e. The summed E-state index contributed by atoms with van der Waals surface area (Å²) in [5.74, 6) is -0.258. The van der Waals surface area contributed by atoms with Gasteiger partial charge in [-0.05, 0) is 35.4 Å². The van der Waals surface area contributed by atoms with Crippen molar-refractivity contribution < 1.29 is 4.79 Å². The quantitative estimate of drug-likeness (QED) is 0.316. The zero-order chi connectivity index (χ0) is 21.3. The molecule has 0 fully saturated rings. The fourth-order valence-corrected chi connectivity index (χ4v) is 3.54. The van der Waals surface area contributed by atoms with Gasteiger partial charge < -0.3 is 10.3 Å². The summed E-state index contributed by atoms with van der Waals surface area (Å²) in [6.07, 6.45) is 0.136. The van der Waals surface area contributed by atoms with Crippen molar-refractivity contribution >= 4 is 68.7 Å². The van der Waals surface area contributed by atoms with E-state index in [2.05, 4.69) is 15.5 Å². The summed E-state index contributed by atoms with van der Waals surface area (Å²) in [4.78, 5) is 40.3.